The molecule has 1 aromatic carbocycles. The molecule has 134 valence electrons. The standard InChI is InChI=1S/C18H24ClN5O/c1-13-7-10-24(11-8-13)18(20-2)21-9-6-16-22-17(23-25-16)14-4-3-5-15(19)12-14/h3-5,12-13H,6-11H2,1-2H3,(H,20,21). The first-order chi connectivity index (χ1) is 12.2. The van der Waals surface area contributed by atoms with Gasteiger partial charge < -0.3 is 14.7 Å². The maximum absolute atomic E-state index is 6.00. The summed E-state index contributed by atoms with van der Waals surface area (Å²) in [5.74, 6) is 2.91. The number of benzene rings is 1. The molecule has 3 rings (SSSR count). The van der Waals surface area contributed by atoms with Crippen molar-refractivity contribution in [2.45, 2.75) is 26.2 Å². The summed E-state index contributed by atoms with van der Waals surface area (Å²) >= 11 is 6.00. The number of rotatable bonds is 4. The second-order valence-electron chi connectivity index (χ2n) is 6.42. The van der Waals surface area contributed by atoms with Crippen LogP contribution in [0.4, 0.5) is 0 Å². The molecule has 1 saturated heterocycles. The summed E-state index contributed by atoms with van der Waals surface area (Å²) in [6.07, 6.45) is 3.08. The Bertz CT molecular complexity index is 722. The Labute approximate surface area is 153 Å². The monoisotopic (exact) mass is 361 g/mol. The average Bonchev–Trinajstić information content (AvgIpc) is 3.09. The Morgan fingerprint density at radius 2 is 2.20 bits per heavy atom. The zero-order valence-electron chi connectivity index (χ0n) is 14.7. The van der Waals surface area contributed by atoms with Crippen LogP contribution in [-0.4, -0.2) is 47.7 Å². The lowest BCUT2D eigenvalue weighted by molar-refractivity contribution is 0.273. The van der Waals surface area contributed by atoms with Gasteiger partial charge in [0.1, 0.15) is 0 Å². The van der Waals surface area contributed by atoms with Crippen molar-refractivity contribution in [2.75, 3.05) is 26.7 Å². The number of hydrogen-bond donors (Lipinski definition) is 1. The van der Waals surface area contributed by atoms with Crippen LogP contribution in [0.3, 0.4) is 0 Å². The van der Waals surface area contributed by atoms with Crippen LogP contribution in [0.1, 0.15) is 25.7 Å². The van der Waals surface area contributed by atoms with Gasteiger partial charge in [0, 0.05) is 43.7 Å². The van der Waals surface area contributed by atoms with Gasteiger partial charge in [-0.3, -0.25) is 4.99 Å². The Kier molecular flexibility index (Phi) is 5.91. The first-order valence-electron chi connectivity index (χ1n) is 8.70. The number of aromatic nitrogens is 2. The van der Waals surface area contributed by atoms with Crippen LogP contribution >= 0.6 is 11.6 Å². The van der Waals surface area contributed by atoms with Gasteiger partial charge in [-0.2, -0.15) is 4.98 Å². The molecular formula is C18H24ClN5O. The third-order valence-corrected chi connectivity index (χ3v) is 4.70. The van der Waals surface area contributed by atoms with E-state index in [0.29, 0.717) is 29.7 Å². The van der Waals surface area contributed by atoms with E-state index in [2.05, 4.69) is 32.3 Å². The fourth-order valence-corrected chi connectivity index (χ4v) is 3.13. The quantitative estimate of drug-likeness (QED) is 0.669. The molecule has 0 spiro atoms. The summed E-state index contributed by atoms with van der Waals surface area (Å²) in [7, 11) is 1.82. The van der Waals surface area contributed by atoms with Gasteiger partial charge in [-0.15, -0.1) is 0 Å². The normalized spacial score (nSPS) is 16.3. The number of halogens is 1. The maximum Gasteiger partial charge on any atom is 0.228 e. The van der Waals surface area contributed by atoms with E-state index in [1.165, 1.54) is 12.8 Å². The summed E-state index contributed by atoms with van der Waals surface area (Å²) in [6, 6.07) is 7.44. The summed E-state index contributed by atoms with van der Waals surface area (Å²) in [5, 5.41) is 8.08. The summed E-state index contributed by atoms with van der Waals surface area (Å²) in [6.45, 7) is 5.12. The molecule has 6 nitrogen and oxygen atoms in total. The van der Waals surface area contributed by atoms with Crippen LogP contribution in [0.5, 0.6) is 0 Å². The fraction of sp³-hybridized carbons (Fsp3) is 0.500. The van der Waals surface area contributed by atoms with Crippen LogP contribution < -0.4 is 5.32 Å². The third-order valence-electron chi connectivity index (χ3n) is 4.47. The zero-order valence-corrected chi connectivity index (χ0v) is 15.5. The van der Waals surface area contributed by atoms with Crippen molar-refractivity contribution in [1.29, 1.82) is 0 Å². The molecule has 1 aliphatic heterocycles. The predicted molar refractivity (Wildman–Crippen MR) is 99.8 cm³/mol. The number of likely N-dealkylation sites (tertiary alicyclic amines) is 1. The number of guanidine groups is 1. The highest BCUT2D eigenvalue weighted by Crippen LogP contribution is 2.20. The second-order valence-corrected chi connectivity index (χ2v) is 6.85. The molecule has 0 saturated carbocycles. The van der Waals surface area contributed by atoms with Crippen molar-refractivity contribution in [1.82, 2.24) is 20.4 Å². The lowest BCUT2D eigenvalue weighted by Gasteiger charge is -2.32. The molecule has 2 heterocycles. The zero-order chi connectivity index (χ0) is 17.6. The van der Waals surface area contributed by atoms with Gasteiger partial charge in [0.05, 0.1) is 0 Å². The summed E-state index contributed by atoms with van der Waals surface area (Å²) < 4.78 is 5.34. The minimum atomic E-state index is 0.562. The van der Waals surface area contributed by atoms with Crippen molar-refractivity contribution < 1.29 is 4.52 Å². The van der Waals surface area contributed by atoms with E-state index in [0.717, 1.165) is 30.5 Å². The molecule has 0 amide bonds. The average molecular weight is 362 g/mol. The highest BCUT2D eigenvalue weighted by molar-refractivity contribution is 6.30. The number of nitrogens with zero attached hydrogens (tertiary/aromatic N) is 4. The molecule has 0 radical (unpaired) electrons. The molecule has 0 aliphatic carbocycles. The van der Waals surface area contributed by atoms with Gasteiger partial charge >= 0.3 is 0 Å². The number of nitrogens with one attached hydrogen (secondary N) is 1. The molecule has 7 heteroatoms. The predicted octanol–water partition coefficient (Wildman–Crippen LogP) is 3.24. The minimum absolute atomic E-state index is 0.562. The minimum Gasteiger partial charge on any atom is -0.356 e. The fourth-order valence-electron chi connectivity index (χ4n) is 2.94. The van der Waals surface area contributed by atoms with Crippen molar-refractivity contribution in [3.8, 4) is 11.4 Å². The Balaban J connectivity index is 1.52. The molecule has 2 aromatic rings. The lowest BCUT2D eigenvalue weighted by Crippen LogP contribution is -2.45. The van der Waals surface area contributed by atoms with Crippen molar-refractivity contribution in [3.63, 3.8) is 0 Å². The van der Waals surface area contributed by atoms with Gasteiger partial charge in [-0.25, -0.2) is 0 Å². The van der Waals surface area contributed by atoms with E-state index in [1.807, 2.05) is 31.3 Å². The summed E-state index contributed by atoms with van der Waals surface area (Å²) in [4.78, 5) is 11.1. The Morgan fingerprint density at radius 1 is 1.40 bits per heavy atom. The second kappa shape index (κ2) is 8.34. The van der Waals surface area contributed by atoms with E-state index in [1.54, 1.807) is 0 Å². The van der Waals surface area contributed by atoms with E-state index in [9.17, 15) is 0 Å². The number of aliphatic imine (C=N–C) groups is 1. The molecule has 1 aliphatic rings. The van der Waals surface area contributed by atoms with E-state index >= 15 is 0 Å². The molecule has 1 N–H and O–H groups in total. The van der Waals surface area contributed by atoms with E-state index in [4.69, 9.17) is 16.1 Å². The Morgan fingerprint density at radius 3 is 2.92 bits per heavy atom. The molecule has 0 atom stereocenters. The highest BCUT2D eigenvalue weighted by atomic mass is 35.5. The maximum atomic E-state index is 6.00. The van der Waals surface area contributed by atoms with Gasteiger partial charge in [0.2, 0.25) is 11.7 Å². The van der Waals surface area contributed by atoms with Crippen molar-refractivity contribution in [2.24, 2.45) is 10.9 Å². The number of piperidine rings is 1. The topological polar surface area (TPSA) is 66.5 Å². The Hall–Kier alpha value is -2.08. The molecule has 0 unspecified atom stereocenters. The SMILES string of the molecule is CN=C(NCCc1nc(-c2cccc(Cl)c2)no1)N1CCC(C)CC1. The van der Waals surface area contributed by atoms with Crippen molar-refractivity contribution in [3.05, 3.63) is 35.2 Å². The van der Waals surface area contributed by atoms with Crippen LogP contribution in [-0.2, 0) is 6.42 Å². The van der Waals surface area contributed by atoms with E-state index < -0.39 is 0 Å². The first-order valence-corrected chi connectivity index (χ1v) is 9.07. The smallest absolute Gasteiger partial charge is 0.228 e. The van der Waals surface area contributed by atoms with Crippen LogP contribution in [0.15, 0.2) is 33.8 Å². The first kappa shape index (κ1) is 17.7. The van der Waals surface area contributed by atoms with Crippen LogP contribution in [0.2, 0.25) is 5.02 Å². The molecule has 1 aromatic heterocycles. The number of hydrogen-bond acceptors (Lipinski definition) is 4. The molecule has 25 heavy (non-hydrogen) atoms. The van der Waals surface area contributed by atoms with Crippen molar-refractivity contribution >= 4 is 17.6 Å². The van der Waals surface area contributed by atoms with Crippen LogP contribution in [0, 0.1) is 5.92 Å². The largest absolute Gasteiger partial charge is 0.356 e. The summed E-state index contributed by atoms with van der Waals surface area (Å²) in [5.41, 5.74) is 0.855. The molecular weight excluding hydrogens is 338 g/mol. The van der Waals surface area contributed by atoms with Gasteiger partial charge in [-0.1, -0.05) is 35.8 Å². The molecule has 1 fully saturated rings. The van der Waals surface area contributed by atoms with Gasteiger partial charge in [0.25, 0.3) is 0 Å². The third kappa shape index (κ3) is 4.72. The van der Waals surface area contributed by atoms with E-state index in [-0.39, 0.29) is 0 Å². The van der Waals surface area contributed by atoms with Crippen LogP contribution in [0.25, 0.3) is 11.4 Å². The lowest BCUT2D eigenvalue weighted by atomic mass is 10.00. The molecule has 0 bridgehead atoms. The van der Waals surface area contributed by atoms with Gasteiger partial charge in [-0.05, 0) is 30.9 Å². The highest BCUT2D eigenvalue weighted by Gasteiger charge is 2.18. The van der Waals surface area contributed by atoms with Gasteiger partial charge in [0.15, 0.2) is 5.96 Å².